The molecule has 2 rings (SSSR count). The standard InChI is InChI=1S/C15H19Br3N2O.2ClH/c1-2-3-4-12(20-7-5-19-6-8-20)13-10(16)9-11(17)15(21)14(13)18;;/h2,9,12,19,21H,1,3-8H2;2*1H/t12-;;/m1../s1. The maximum absolute atomic E-state index is 10.2. The SMILES string of the molecule is C=CCC[C@H](c1c(Br)cc(Br)c(O)c1Br)N1CCNCC1.Cl.Cl. The molecular weight excluding hydrogens is 535 g/mol. The first-order valence-electron chi connectivity index (χ1n) is 6.98. The van der Waals surface area contributed by atoms with Crippen LogP contribution in [0.4, 0.5) is 0 Å². The minimum absolute atomic E-state index is 0. The van der Waals surface area contributed by atoms with Gasteiger partial charge in [-0.3, -0.25) is 4.90 Å². The van der Waals surface area contributed by atoms with Crippen LogP contribution < -0.4 is 5.32 Å². The highest BCUT2D eigenvalue weighted by Gasteiger charge is 2.27. The molecule has 0 unspecified atom stereocenters. The number of nitrogens with one attached hydrogen (secondary N) is 1. The zero-order valence-electron chi connectivity index (χ0n) is 12.5. The number of nitrogens with zero attached hydrogens (tertiary/aromatic N) is 1. The van der Waals surface area contributed by atoms with E-state index < -0.39 is 0 Å². The third-order valence-electron chi connectivity index (χ3n) is 3.75. The van der Waals surface area contributed by atoms with Crippen molar-refractivity contribution in [2.75, 3.05) is 26.2 Å². The van der Waals surface area contributed by atoms with Gasteiger partial charge in [0.25, 0.3) is 0 Å². The molecule has 0 amide bonds. The number of phenols is 1. The molecule has 3 nitrogen and oxygen atoms in total. The summed E-state index contributed by atoms with van der Waals surface area (Å²) < 4.78 is 2.45. The van der Waals surface area contributed by atoms with Gasteiger partial charge in [0, 0.05) is 42.3 Å². The van der Waals surface area contributed by atoms with Gasteiger partial charge >= 0.3 is 0 Å². The minimum Gasteiger partial charge on any atom is -0.506 e. The molecule has 1 aliphatic rings. The summed E-state index contributed by atoms with van der Waals surface area (Å²) in [4.78, 5) is 2.47. The molecule has 1 aromatic carbocycles. The van der Waals surface area contributed by atoms with Gasteiger partial charge in [0.15, 0.2) is 0 Å². The van der Waals surface area contributed by atoms with Crippen LogP contribution in [0.1, 0.15) is 24.4 Å². The molecule has 0 bridgehead atoms. The van der Waals surface area contributed by atoms with Crippen LogP contribution in [0.2, 0.25) is 0 Å². The molecule has 0 radical (unpaired) electrons. The fourth-order valence-electron chi connectivity index (χ4n) is 2.68. The number of halogens is 5. The lowest BCUT2D eigenvalue weighted by atomic mass is 9.99. The molecule has 8 heteroatoms. The summed E-state index contributed by atoms with van der Waals surface area (Å²) in [5, 5.41) is 13.6. The van der Waals surface area contributed by atoms with E-state index in [9.17, 15) is 5.11 Å². The molecule has 0 aromatic heterocycles. The van der Waals surface area contributed by atoms with Gasteiger partial charge in [-0.15, -0.1) is 31.4 Å². The molecule has 1 aromatic rings. The van der Waals surface area contributed by atoms with Gasteiger partial charge in [-0.1, -0.05) is 22.0 Å². The molecule has 2 N–H and O–H groups in total. The van der Waals surface area contributed by atoms with Gasteiger partial charge in [-0.2, -0.15) is 0 Å². The topological polar surface area (TPSA) is 35.5 Å². The molecule has 1 fully saturated rings. The van der Waals surface area contributed by atoms with Crippen molar-refractivity contribution in [3.8, 4) is 5.75 Å². The monoisotopic (exact) mass is 552 g/mol. The van der Waals surface area contributed by atoms with E-state index in [4.69, 9.17) is 0 Å². The molecule has 1 saturated heterocycles. The van der Waals surface area contributed by atoms with Crippen LogP contribution in [0, 0.1) is 0 Å². The van der Waals surface area contributed by atoms with E-state index in [0.29, 0.717) is 4.47 Å². The fraction of sp³-hybridized carbons (Fsp3) is 0.467. The number of allylic oxidation sites excluding steroid dienone is 1. The van der Waals surface area contributed by atoms with Gasteiger partial charge in [-0.25, -0.2) is 0 Å². The second kappa shape index (κ2) is 11.3. The van der Waals surface area contributed by atoms with Crippen molar-refractivity contribution in [1.29, 1.82) is 0 Å². The third kappa shape index (κ3) is 5.87. The Hall–Kier alpha value is 0.700. The number of aromatic hydroxyl groups is 1. The maximum atomic E-state index is 10.2. The molecule has 0 aliphatic carbocycles. The lowest BCUT2D eigenvalue weighted by Crippen LogP contribution is -2.45. The number of hydrogen-bond donors (Lipinski definition) is 2. The zero-order valence-corrected chi connectivity index (χ0v) is 18.9. The molecule has 0 saturated carbocycles. The molecule has 23 heavy (non-hydrogen) atoms. The van der Waals surface area contributed by atoms with Crippen molar-refractivity contribution < 1.29 is 5.11 Å². The lowest BCUT2D eigenvalue weighted by Gasteiger charge is -2.36. The summed E-state index contributed by atoms with van der Waals surface area (Å²) in [5.74, 6) is 0.256. The van der Waals surface area contributed by atoms with Gasteiger partial charge in [-0.05, 0) is 50.8 Å². The van der Waals surface area contributed by atoms with Crippen LogP contribution >= 0.6 is 72.6 Å². The minimum atomic E-state index is 0. The largest absolute Gasteiger partial charge is 0.506 e. The van der Waals surface area contributed by atoms with Crippen molar-refractivity contribution in [3.63, 3.8) is 0 Å². The van der Waals surface area contributed by atoms with Crippen LogP contribution in [0.5, 0.6) is 5.75 Å². The zero-order chi connectivity index (χ0) is 15.4. The Morgan fingerprint density at radius 2 is 1.83 bits per heavy atom. The first kappa shape index (κ1) is 23.7. The highest BCUT2D eigenvalue weighted by molar-refractivity contribution is 9.11. The number of hydrogen-bond acceptors (Lipinski definition) is 3. The van der Waals surface area contributed by atoms with Crippen LogP contribution in [0.15, 0.2) is 32.1 Å². The van der Waals surface area contributed by atoms with E-state index in [1.54, 1.807) is 0 Å². The molecule has 1 heterocycles. The van der Waals surface area contributed by atoms with Crippen molar-refractivity contribution in [2.45, 2.75) is 18.9 Å². The van der Waals surface area contributed by atoms with E-state index in [0.717, 1.165) is 53.5 Å². The molecule has 1 aliphatic heterocycles. The van der Waals surface area contributed by atoms with E-state index >= 15 is 0 Å². The average molecular weight is 556 g/mol. The van der Waals surface area contributed by atoms with Crippen LogP contribution in [0.25, 0.3) is 0 Å². The second-order valence-electron chi connectivity index (χ2n) is 5.08. The first-order valence-corrected chi connectivity index (χ1v) is 9.36. The van der Waals surface area contributed by atoms with E-state index in [-0.39, 0.29) is 36.6 Å². The summed E-state index contributed by atoms with van der Waals surface area (Å²) in [6.07, 6.45) is 3.89. The predicted molar refractivity (Wildman–Crippen MR) is 112 cm³/mol. The quantitative estimate of drug-likeness (QED) is 0.475. The molecule has 1 atom stereocenters. The Kier molecular flexibility index (Phi) is 11.7. The van der Waals surface area contributed by atoms with E-state index in [2.05, 4.69) is 64.6 Å². The van der Waals surface area contributed by atoms with Gasteiger partial charge in [0.2, 0.25) is 0 Å². The Labute approximate surface area is 175 Å². The summed E-state index contributed by atoms with van der Waals surface area (Å²) in [7, 11) is 0. The third-order valence-corrected chi connectivity index (χ3v) is 5.81. The number of benzene rings is 1. The number of phenolic OH excluding ortho intramolecular Hbond substituents is 1. The number of rotatable bonds is 5. The second-order valence-corrected chi connectivity index (χ2v) is 7.59. The maximum Gasteiger partial charge on any atom is 0.144 e. The molecule has 0 spiro atoms. The Morgan fingerprint density at radius 3 is 2.39 bits per heavy atom. The average Bonchev–Trinajstić information content (AvgIpc) is 2.49. The predicted octanol–water partition coefficient (Wildman–Crippen LogP) is 5.44. The smallest absolute Gasteiger partial charge is 0.144 e. The van der Waals surface area contributed by atoms with E-state index in [1.165, 1.54) is 0 Å². The normalized spacial score (nSPS) is 16.1. The fourth-order valence-corrected chi connectivity index (χ4v) is 5.33. The van der Waals surface area contributed by atoms with Gasteiger partial charge in [0.05, 0.1) is 8.95 Å². The molecular formula is C15H21Br3Cl2N2O. The van der Waals surface area contributed by atoms with Crippen LogP contribution in [0.3, 0.4) is 0 Å². The van der Waals surface area contributed by atoms with Crippen LogP contribution in [-0.4, -0.2) is 36.2 Å². The summed E-state index contributed by atoms with van der Waals surface area (Å²) in [6.45, 7) is 7.86. The van der Waals surface area contributed by atoms with Gasteiger partial charge < -0.3 is 10.4 Å². The van der Waals surface area contributed by atoms with Crippen molar-refractivity contribution in [1.82, 2.24) is 10.2 Å². The molecule has 132 valence electrons. The summed E-state index contributed by atoms with van der Waals surface area (Å²) in [5.41, 5.74) is 1.11. The first-order chi connectivity index (χ1) is 10.1. The van der Waals surface area contributed by atoms with E-state index in [1.807, 2.05) is 12.1 Å². The van der Waals surface area contributed by atoms with Crippen molar-refractivity contribution >= 4 is 72.6 Å². The summed E-state index contributed by atoms with van der Waals surface area (Å²) in [6, 6.07) is 2.17. The summed E-state index contributed by atoms with van der Waals surface area (Å²) >= 11 is 10.6. The highest BCUT2D eigenvalue weighted by atomic mass is 79.9. The Morgan fingerprint density at radius 1 is 1.22 bits per heavy atom. The van der Waals surface area contributed by atoms with Crippen molar-refractivity contribution in [2.24, 2.45) is 0 Å². The lowest BCUT2D eigenvalue weighted by molar-refractivity contribution is 0.165. The van der Waals surface area contributed by atoms with Crippen molar-refractivity contribution in [3.05, 3.63) is 37.7 Å². The number of piperazine rings is 1. The highest BCUT2D eigenvalue weighted by Crippen LogP contribution is 2.44. The Bertz CT molecular complexity index is 526. The van der Waals surface area contributed by atoms with Crippen LogP contribution in [-0.2, 0) is 0 Å². The Balaban J connectivity index is 0.00000242. The van der Waals surface area contributed by atoms with Gasteiger partial charge in [0.1, 0.15) is 5.75 Å².